The van der Waals surface area contributed by atoms with Gasteiger partial charge in [0.05, 0.1) is 24.8 Å². The smallest absolute Gasteiger partial charge is 0.263 e. The number of carbonyl (C=O) groups is 2. The number of methoxy groups -OCH3 is 1. The third-order valence-electron chi connectivity index (χ3n) is 6.11. The Morgan fingerprint density at radius 2 is 2.03 bits per heavy atom. The van der Waals surface area contributed by atoms with E-state index in [1.54, 1.807) is 35.4 Å². The van der Waals surface area contributed by atoms with E-state index in [9.17, 15) is 14.0 Å². The van der Waals surface area contributed by atoms with Crippen LogP contribution in [0.5, 0.6) is 11.5 Å². The molecule has 176 valence electrons. The molecule has 0 atom stereocenters. The minimum absolute atomic E-state index is 0.00962. The number of nitrogens with one attached hydrogen (secondary N) is 1. The molecule has 34 heavy (non-hydrogen) atoms. The lowest BCUT2D eigenvalue weighted by molar-refractivity contribution is 0.0957. The maximum absolute atomic E-state index is 14.5. The van der Waals surface area contributed by atoms with E-state index in [4.69, 9.17) is 9.47 Å². The van der Waals surface area contributed by atoms with Gasteiger partial charge in [0.25, 0.3) is 11.8 Å². The number of benzene rings is 2. The van der Waals surface area contributed by atoms with E-state index in [0.717, 1.165) is 16.7 Å². The first-order valence-electron chi connectivity index (χ1n) is 10.9. The van der Waals surface area contributed by atoms with Crippen molar-refractivity contribution in [2.45, 2.75) is 20.3 Å². The normalized spacial score (nSPS) is 13.1. The van der Waals surface area contributed by atoms with Gasteiger partial charge in [-0.1, -0.05) is 6.07 Å². The Labute approximate surface area is 197 Å². The molecule has 8 heteroatoms. The van der Waals surface area contributed by atoms with Gasteiger partial charge < -0.3 is 14.8 Å². The molecule has 1 aliphatic heterocycles. The highest BCUT2D eigenvalue weighted by molar-refractivity contribution is 6.09. The van der Waals surface area contributed by atoms with Crippen molar-refractivity contribution in [1.82, 2.24) is 10.3 Å². The highest BCUT2D eigenvalue weighted by Crippen LogP contribution is 2.35. The van der Waals surface area contributed by atoms with Crippen molar-refractivity contribution in [3.63, 3.8) is 0 Å². The number of aromatic nitrogens is 1. The molecule has 3 aromatic rings. The molecule has 0 spiro atoms. The standard InChI is InChI=1S/C26H26FN3O4/c1-15-16(2)23-20(14-18(15)12-17-7-8-19(21(27)13-17)25(31)28-3)26(32)30(10-11-34-23)24-22(33-4)6-5-9-29-24/h5-9,13-14H,10-12H2,1-4H3,(H,28,31). The van der Waals surface area contributed by atoms with Crippen LogP contribution in [0, 0.1) is 19.7 Å². The molecule has 2 amide bonds. The summed E-state index contributed by atoms with van der Waals surface area (Å²) in [6.45, 7) is 4.50. The number of hydrogen-bond donors (Lipinski definition) is 1. The van der Waals surface area contributed by atoms with E-state index in [2.05, 4.69) is 10.3 Å². The molecule has 4 rings (SSSR count). The zero-order valence-corrected chi connectivity index (χ0v) is 19.6. The van der Waals surface area contributed by atoms with E-state index < -0.39 is 11.7 Å². The monoisotopic (exact) mass is 463 g/mol. The molecule has 0 fully saturated rings. The highest BCUT2D eigenvalue weighted by atomic mass is 19.1. The quantitative estimate of drug-likeness (QED) is 0.622. The number of pyridine rings is 1. The average Bonchev–Trinajstić information content (AvgIpc) is 3.00. The summed E-state index contributed by atoms with van der Waals surface area (Å²) in [6, 6.07) is 9.85. The molecular formula is C26H26FN3O4. The van der Waals surface area contributed by atoms with Crippen LogP contribution in [-0.2, 0) is 6.42 Å². The summed E-state index contributed by atoms with van der Waals surface area (Å²) in [7, 11) is 2.99. The molecule has 1 N–H and O–H groups in total. The van der Waals surface area contributed by atoms with Gasteiger partial charge in [-0.3, -0.25) is 14.5 Å². The van der Waals surface area contributed by atoms with E-state index in [1.807, 2.05) is 13.8 Å². The van der Waals surface area contributed by atoms with Crippen LogP contribution in [-0.4, -0.2) is 44.1 Å². The van der Waals surface area contributed by atoms with Gasteiger partial charge in [-0.25, -0.2) is 9.37 Å². The average molecular weight is 464 g/mol. The topological polar surface area (TPSA) is 80.8 Å². The van der Waals surface area contributed by atoms with Crippen LogP contribution < -0.4 is 19.7 Å². The molecule has 1 aromatic heterocycles. The minimum atomic E-state index is -0.589. The van der Waals surface area contributed by atoms with Crippen molar-refractivity contribution in [2.75, 3.05) is 32.2 Å². The Bertz CT molecular complexity index is 1280. The SMILES string of the molecule is CNC(=O)c1ccc(Cc2cc3c(c(C)c2C)OCCN(c2ncccc2OC)C3=O)cc1F. The Morgan fingerprint density at radius 3 is 2.74 bits per heavy atom. The third kappa shape index (κ3) is 4.19. The Kier molecular flexibility index (Phi) is 6.49. The van der Waals surface area contributed by atoms with Gasteiger partial charge in [-0.15, -0.1) is 0 Å². The third-order valence-corrected chi connectivity index (χ3v) is 6.11. The van der Waals surface area contributed by atoms with Crippen molar-refractivity contribution in [1.29, 1.82) is 0 Å². The molecule has 1 aliphatic rings. The van der Waals surface area contributed by atoms with Crippen molar-refractivity contribution >= 4 is 17.6 Å². The zero-order chi connectivity index (χ0) is 24.4. The maximum Gasteiger partial charge on any atom is 0.263 e. The predicted molar refractivity (Wildman–Crippen MR) is 126 cm³/mol. The lowest BCUT2D eigenvalue weighted by Crippen LogP contribution is -2.33. The number of fused-ring (bicyclic) bond motifs is 1. The molecule has 0 aliphatic carbocycles. The summed E-state index contributed by atoms with van der Waals surface area (Å²) >= 11 is 0. The number of carbonyl (C=O) groups excluding carboxylic acids is 2. The zero-order valence-electron chi connectivity index (χ0n) is 19.6. The lowest BCUT2D eigenvalue weighted by atomic mass is 9.93. The van der Waals surface area contributed by atoms with Gasteiger partial charge in [0.2, 0.25) is 0 Å². The summed E-state index contributed by atoms with van der Waals surface area (Å²) in [4.78, 5) is 31.3. The molecule has 0 saturated heterocycles. The first-order valence-corrected chi connectivity index (χ1v) is 10.9. The lowest BCUT2D eigenvalue weighted by Gasteiger charge is -2.21. The van der Waals surface area contributed by atoms with Crippen molar-refractivity contribution in [3.8, 4) is 11.5 Å². The van der Waals surface area contributed by atoms with Crippen molar-refractivity contribution < 1.29 is 23.5 Å². The van der Waals surface area contributed by atoms with Gasteiger partial charge in [-0.05, 0) is 72.9 Å². The molecule has 0 bridgehead atoms. The van der Waals surface area contributed by atoms with E-state index in [0.29, 0.717) is 48.0 Å². The first-order chi connectivity index (χ1) is 16.3. The van der Waals surface area contributed by atoms with Gasteiger partial charge in [0.15, 0.2) is 11.6 Å². The molecule has 0 radical (unpaired) electrons. The van der Waals surface area contributed by atoms with Crippen LogP contribution in [0.4, 0.5) is 10.2 Å². The van der Waals surface area contributed by atoms with Crippen molar-refractivity contribution in [3.05, 3.63) is 81.8 Å². The van der Waals surface area contributed by atoms with Crippen LogP contribution in [0.25, 0.3) is 0 Å². The highest BCUT2D eigenvalue weighted by Gasteiger charge is 2.30. The number of hydrogen-bond acceptors (Lipinski definition) is 5. The number of ether oxygens (including phenoxy) is 2. The van der Waals surface area contributed by atoms with Crippen molar-refractivity contribution in [2.24, 2.45) is 0 Å². The largest absolute Gasteiger partial charge is 0.493 e. The Morgan fingerprint density at radius 1 is 1.24 bits per heavy atom. The number of halogens is 1. The summed E-state index contributed by atoms with van der Waals surface area (Å²) in [6.07, 6.45) is 2.01. The summed E-state index contributed by atoms with van der Waals surface area (Å²) in [5.74, 6) is 0.163. The van der Waals surface area contributed by atoms with Crippen LogP contribution in [0.3, 0.4) is 0 Å². The predicted octanol–water partition coefficient (Wildman–Crippen LogP) is 3.84. The Hall–Kier alpha value is -3.94. The van der Waals surface area contributed by atoms with E-state index >= 15 is 0 Å². The van der Waals surface area contributed by atoms with Gasteiger partial charge in [-0.2, -0.15) is 0 Å². The van der Waals surface area contributed by atoms with Crippen LogP contribution in [0.1, 0.15) is 43.0 Å². The maximum atomic E-state index is 14.5. The Balaban J connectivity index is 1.73. The molecule has 2 heterocycles. The second-order valence-corrected chi connectivity index (χ2v) is 8.07. The molecule has 0 unspecified atom stereocenters. The van der Waals surface area contributed by atoms with Gasteiger partial charge in [0, 0.05) is 13.2 Å². The number of rotatable bonds is 5. The summed E-state index contributed by atoms with van der Waals surface area (Å²) < 4.78 is 25.9. The molecule has 2 aromatic carbocycles. The fourth-order valence-corrected chi connectivity index (χ4v) is 4.13. The first kappa shape index (κ1) is 23.2. The summed E-state index contributed by atoms with van der Waals surface area (Å²) in [5.41, 5.74) is 3.80. The fraction of sp³-hybridized carbons (Fsp3) is 0.269. The number of amides is 2. The molecule has 7 nitrogen and oxygen atoms in total. The van der Waals surface area contributed by atoms with E-state index in [1.165, 1.54) is 26.3 Å². The fourth-order valence-electron chi connectivity index (χ4n) is 4.13. The molecular weight excluding hydrogens is 437 g/mol. The van der Waals surface area contributed by atoms with Crippen LogP contribution in [0.2, 0.25) is 0 Å². The van der Waals surface area contributed by atoms with Crippen LogP contribution in [0.15, 0.2) is 42.6 Å². The number of anilines is 1. The second-order valence-electron chi connectivity index (χ2n) is 8.07. The molecule has 0 saturated carbocycles. The second kappa shape index (κ2) is 9.51. The van der Waals surface area contributed by atoms with Gasteiger partial charge >= 0.3 is 0 Å². The summed E-state index contributed by atoms with van der Waals surface area (Å²) in [5, 5.41) is 2.43. The van der Waals surface area contributed by atoms with Crippen LogP contribution >= 0.6 is 0 Å². The number of nitrogens with zero attached hydrogens (tertiary/aromatic N) is 2. The minimum Gasteiger partial charge on any atom is -0.493 e. The van der Waals surface area contributed by atoms with Gasteiger partial charge in [0.1, 0.15) is 18.2 Å². The van der Waals surface area contributed by atoms with E-state index in [-0.39, 0.29) is 11.5 Å².